The summed E-state index contributed by atoms with van der Waals surface area (Å²) in [7, 11) is -4.36. The van der Waals surface area contributed by atoms with Crippen LogP contribution in [-0.2, 0) is 37.3 Å². The highest BCUT2D eigenvalue weighted by atomic mass is 32.2. The summed E-state index contributed by atoms with van der Waals surface area (Å²) in [6.07, 6.45) is 5.86. The summed E-state index contributed by atoms with van der Waals surface area (Å²) < 4.78 is 29.2. The van der Waals surface area contributed by atoms with Crippen LogP contribution < -0.4 is 15.4 Å². The minimum Gasteiger partial charge on any atom is -0.478 e. The van der Waals surface area contributed by atoms with Crippen LogP contribution in [-0.4, -0.2) is 59.9 Å². The third-order valence-electron chi connectivity index (χ3n) is 7.62. The van der Waals surface area contributed by atoms with Crippen molar-refractivity contribution in [2.24, 2.45) is 5.16 Å². The van der Waals surface area contributed by atoms with Crippen molar-refractivity contribution in [1.82, 2.24) is 20.0 Å². The first-order chi connectivity index (χ1) is 20.8. The largest absolute Gasteiger partial charge is 0.478 e. The third-order valence-corrected chi connectivity index (χ3v) is 9.13. The molecule has 0 fully saturated rings. The average molecular weight is 609 g/mol. The van der Waals surface area contributed by atoms with Gasteiger partial charge in [0.1, 0.15) is 12.3 Å². The number of carboxylic acids is 1. The number of fused-ring (bicyclic) bond motifs is 1. The second-order valence-electron chi connectivity index (χ2n) is 10.7. The van der Waals surface area contributed by atoms with Crippen LogP contribution in [0.25, 0.3) is 11.1 Å². The lowest BCUT2D eigenvalue weighted by Gasteiger charge is -2.31. The summed E-state index contributed by atoms with van der Waals surface area (Å²) in [4.78, 5) is 38.3. The molecule has 1 aliphatic heterocycles. The average Bonchev–Trinajstić information content (AvgIpc) is 3.70. The van der Waals surface area contributed by atoms with Crippen molar-refractivity contribution in [1.29, 1.82) is 0 Å². The Labute approximate surface area is 250 Å². The first-order valence-electron chi connectivity index (χ1n) is 14.5. The molecule has 1 atom stereocenters. The van der Waals surface area contributed by atoms with E-state index in [2.05, 4.69) is 30.5 Å². The highest BCUT2D eigenvalue weighted by molar-refractivity contribution is 7.89. The van der Waals surface area contributed by atoms with Crippen LogP contribution in [0.3, 0.4) is 0 Å². The predicted molar refractivity (Wildman–Crippen MR) is 161 cm³/mol. The molecule has 0 saturated heterocycles. The van der Waals surface area contributed by atoms with E-state index in [1.807, 2.05) is 30.3 Å². The number of carbonyl (C=O) groups excluding carboxylic acids is 1. The van der Waals surface area contributed by atoms with E-state index in [-0.39, 0.29) is 30.1 Å². The molecule has 0 saturated carbocycles. The number of aliphatic carboxylic acids is 1. The number of oxime groups is 1. The van der Waals surface area contributed by atoms with Gasteiger partial charge in [0.05, 0.1) is 10.6 Å². The zero-order valence-electron chi connectivity index (χ0n) is 23.8. The minimum atomic E-state index is -4.36. The van der Waals surface area contributed by atoms with E-state index in [1.54, 1.807) is 12.1 Å². The summed E-state index contributed by atoms with van der Waals surface area (Å²) in [5.41, 5.74) is 1.70. The van der Waals surface area contributed by atoms with Gasteiger partial charge in [-0.1, -0.05) is 54.0 Å². The van der Waals surface area contributed by atoms with Gasteiger partial charge in [0.2, 0.25) is 21.6 Å². The predicted octanol–water partition coefficient (Wildman–Crippen LogP) is 3.58. The Balaban J connectivity index is 1.26. The number of anilines is 1. The summed E-state index contributed by atoms with van der Waals surface area (Å²) in [5, 5.41) is 19.7. The van der Waals surface area contributed by atoms with E-state index >= 15 is 0 Å². The molecule has 0 radical (unpaired) electrons. The second kappa shape index (κ2) is 13.4. The van der Waals surface area contributed by atoms with Crippen LogP contribution in [0.1, 0.15) is 56.3 Å². The molecule has 2 aromatic carbocycles. The Bertz CT molecular complexity index is 1550. The van der Waals surface area contributed by atoms with Crippen molar-refractivity contribution in [3.63, 3.8) is 0 Å². The van der Waals surface area contributed by atoms with E-state index in [0.29, 0.717) is 25.8 Å². The summed E-state index contributed by atoms with van der Waals surface area (Å²) in [6.45, 7) is 0.792. The fraction of sp³-hybridized carbons (Fsp3) is 0.400. The Morgan fingerprint density at radius 2 is 1.70 bits per heavy atom. The second-order valence-corrected chi connectivity index (χ2v) is 12.4. The molecule has 228 valence electrons. The molecule has 1 amide bonds. The lowest BCUT2D eigenvalue weighted by molar-refractivity contribution is -0.148. The maximum atomic E-state index is 13.5. The number of aromatic amines is 1. The lowest BCUT2D eigenvalue weighted by Crippen LogP contribution is -2.66. The number of H-pyrrole nitrogens is 1. The lowest BCUT2D eigenvalue weighted by atomic mass is 10.0. The molecule has 0 spiro atoms. The number of carbonyl (C=O) groups is 2. The molecule has 12 nitrogen and oxygen atoms in total. The first-order valence-corrected chi connectivity index (χ1v) is 16.0. The molecular formula is C30H36N6O6S. The van der Waals surface area contributed by atoms with Gasteiger partial charge < -0.3 is 25.6 Å². The molecule has 5 N–H and O–H groups in total. The molecule has 43 heavy (non-hydrogen) atoms. The highest BCUT2D eigenvalue weighted by Crippen LogP contribution is 2.24. The number of imidazole rings is 1. The first kappa shape index (κ1) is 30.2. The minimum absolute atomic E-state index is 0.00221. The number of aryl methyl sites for hydroxylation is 2. The molecule has 3 aromatic rings. The Kier molecular flexibility index (Phi) is 9.41. The number of hydrogen-bond acceptors (Lipinski definition) is 8. The van der Waals surface area contributed by atoms with Crippen molar-refractivity contribution in [3.05, 3.63) is 66.0 Å². The van der Waals surface area contributed by atoms with Gasteiger partial charge in [-0.15, -0.1) is 0 Å². The van der Waals surface area contributed by atoms with Crippen molar-refractivity contribution in [2.75, 3.05) is 18.5 Å². The van der Waals surface area contributed by atoms with Crippen molar-refractivity contribution in [3.8, 4) is 11.1 Å². The highest BCUT2D eigenvalue weighted by Gasteiger charge is 2.44. The molecule has 2 aliphatic rings. The zero-order chi connectivity index (χ0) is 30.3. The number of carboxylic acid groups (broad SMARTS) is 1. The number of nitrogens with one attached hydrogen (secondary N) is 4. The normalized spacial score (nSPS) is 16.0. The van der Waals surface area contributed by atoms with Crippen LogP contribution in [0.2, 0.25) is 0 Å². The molecule has 0 bridgehead atoms. The van der Waals surface area contributed by atoms with Gasteiger partial charge in [0.15, 0.2) is 0 Å². The monoisotopic (exact) mass is 608 g/mol. The summed E-state index contributed by atoms with van der Waals surface area (Å²) in [6, 6.07) is 15.6. The fourth-order valence-corrected chi connectivity index (χ4v) is 6.57. The molecule has 1 aliphatic carbocycles. The number of unbranched alkanes of at least 4 members (excludes halogenated alkanes) is 2. The topological polar surface area (TPSA) is 175 Å². The maximum absolute atomic E-state index is 13.5. The molecule has 1 aromatic heterocycles. The SMILES string of the molecule is O=C(NC(CCCCCNc1nc2c([nH]1)CCCC2)(NS(=O)(=O)c1ccc(-c2ccccc2)cc1)C(=O)O)C1=NOCC1. The number of nitrogens with zero attached hydrogens (tertiary/aromatic N) is 2. The molecular weight excluding hydrogens is 572 g/mol. The van der Waals surface area contributed by atoms with Gasteiger partial charge in [0.25, 0.3) is 5.91 Å². The van der Waals surface area contributed by atoms with Crippen molar-refractivity contribution < 1.29 is 28.0 Å². The number of sulfonamides is 1. The smallest absolute Gasteiger partial charge is 0.345 e. The van der Waals surface area contributed by atoms with Gasteiger partial charge in [-0.25, -0.2) is 18.2 Å². The van der Waals surface area contributed by atoms with Crippen LogP contribution in [0.4, 0.5) is 5.95 Å². The third kappa shape index (κ3) is 7.41. The molecule has 5 rings (SSSR count). The molecule has 13 heteroatoms. The number of aromatic nitrogens is 2. The van der Waals surface area contributed by atoms with Gasteiger partial charge in [-0.2, -0.15) is 4.72 Å². The van der Waals surface area contributed by atoms with Gasteiger partial charge in [-0.3, -0.25) is 4.79 Å². The van der Waals surface area contributed by atoms with E-state index in [0.717, 1.165) is 48.5 Å². The van der Waals surface area contributed by atoms with Gasteiger partial charge >= 0.3 is 5.97 Å². The number of benzene rings is 2. The van der Waals surface area contributed by atoms with Crippen LogP contribution in [0.5, 0.6) is 0 Å². The number of rotatable bonds is 14. The van der Waals surface area contributed by atoms with Crippen molar-refractivity contribution >= 4 is 33.6 Å². The van der Waals surface area contributed by atoms with Gasteiger partial charge in [0, 0.05) is 18.7 Å². The van der Waals surface area contributed by atoms with Gasteiger partial charge in [-0.05, 0) is 68.2 Å². The van der Waals surface area contributed by atoms with E-state index in [4.69, 9.17) is 4.84 Å². The van der Waals surface area contributed by atoms with Crippen molar-refractivity contribution in [2.45, 2.75) is 68.3 Å². The van der Waals surface area contributed by atoms with Crippen LogP contribution in [0, 0.1) is 0 Å². The zero-order valence-corrected chi connectivity index (χ0v) is 24.6. The van der Waals surface area contributed by atoms with E-state index in [9.17, 15) is 23.1 Å². The Morgan fingerprint density at radius 1 is 0.953 bits per heavy atom. The molecule has 2 heterocycles. The summed E-state index contributed by atoms with van der Waals surface area (Å²) in [5.74, 6) is -1.60. The molecule has 1 unspecified atom stereocenters. The maximum Gasteiger partial charge on any atom is 0.345 e. The number of hydrogen-bond donors (Lipinski definition) is 5. The Morgan fingerprint density at radius 3 is 2.40 bits per heavy atom. The quantitative estimate of drug-likeness (QED) is 0.136. The Hall–Kier alpha value is -4.23. The summed E-state index contributed by atoms with van der Waals surface area (Å²) >= 11 is 0. The fourth-order valence-electron chi connectivity index (χ4n) is 5.26. The van der Waals surface area contributed by atoms with Crippen LogP contribution >= 0.6 is 0 Å². The van der Waals surface area contributed by atoms with E-state index in [1.165, 1.54) is 17.8 Å². The standard InChI is InChI=1S/C30H36N6O6S/c37-27(26-17-20-42-35-26)34-30(28(38)39,18-7-2-8-19-31-29-32-24-11-5-6-12-25(24)33-29)36-43(40,41)23-15-13-22(14-16-23)21-9-3-1-4-10-21/h1,3-4,9-10,13-16,36H,2,5-8,11-12,17-20H2,(H,34,37)(H,38,39)(H2,31,32,33). The van der Waals surface area contributed by atoms with Crippen LogP contribution in [0.15, 0.2) is 64.6 Å². The number of amides is 1. The van der Waals surface area contributed by atoms with E-state index < -0.39 is 27.6 Å².